The Morgan fingerprint density at radius 2 is 1.75 bits per heavy atom. The van der Waals surface area contributed by atoms with Crippen LogP contribution in [0.15, 0.2) is 48.5 Å². The smallest absolute Gasteiger partial charge is 0.253 e. The molecule has 2 aliphatic rings. The van der Waals surface area contributed by atoms with Crippen LogP contribution in [0.4, 0.5) is 0 Å². The van der Waals surface area contributed by atoms with E-state index in [1.54, 1.807) is 0 Å². The summed E-state index contributed by atoms with van der Waals surface area (Å²) in [5.74, 6) is 0.892. The Morgan fingerprint density at radius 1 is 1.00 bits per heavy atom. The number of fused-ring (bicyclic) bond motifs is 1. The fraction of sp³-hybridized carbons (Fsp3) is 0.381. The van der Waals surface area contributed by atoms with Crippen molar-refractivity contribution >= 4 is 5.91 Å². The summed E-state index contributed by atoms with van der Waals surface area (Å²) in [6.45, 7) is 3.57. The molecule has 0 saturated carbocycles. The number of nitrogens with one attached hydrogen (secondary N) is 1. The van der Waals surface area contributed by atoms with Crippen molar-refractivity contribution in [1.29, 1.82) is 0 Å². The third-order valence-electron chi connectivity index (χ3n) is 5.35. The van der Waals surface area contributed by atoms with Crippen LogP contribution >= 0.6 is 0 Å². The third kappa shape index (κ3) is 3.22. The molecule has 0 aliphatic carbocycles. The monoisotopic (exact) mass is 320 g/mol. The van der Waals surface area contributed by atoms with E-state index in [1.807, 2.05) is 11.0 Å². The lowest BCUT2D eigenvalue weighted by Crippen LogP contribution is -2.39. The van der Waals surface area contributed by atoms with Gasteiger partial charge in [-0.1, -0.05) is 36.4 Å². The third-order valence-corrected chi connectivity index (χ3v) is 5.35. The van der Waals surface area contributed by atoms with Crippen molar-refractivity contribution in [1.82, 2.24) is 10.2 Å². The van der Waals surface area contributed by atoms with Gasteiger partial charge in [-0.25, -0.2) is 0 Å². The molecule has 2 heterocycles. The fourth-order valence-electron chi connectivity index (χ4n) is 3.90. The van der Waals surface area contributed by atoms with E-state index in [-0.39, 0.29) is 5.91 Å². The largest absolute Gasteiger partial charge is 0.339 e. The van der Waals surface area contributed by atoms with Crippen LogP contribution in [-0.2, 0) is 19.5 Å². The van der Waals surface area contributed by atoms with Gasteiger partial charge in [0.2, 0.25) is 0 Å². The molecule has 3 nitrogen and oxygen atoms in total. The second kappa shape index (κ2) is 6.78. The maximum absolute atomic E-state index is 12.8. The predicted molar refractivity (Wildman–Crippen MR) is 95.8 cm³/mol. The molecule has 0 bridgehead atoms. The Hall–Kier alpha value is -2.13. The standard InChI is InChI=1S/C21H24N2O/c24-21(18-6-7-19-14-22-15-20(19)13-18)23-10-8-17(9-11-23)12-16-4-2-1-3-5-16/h1-7,13,17,22H,8-12,14-15H2. The topological polar surface area (TPSA) is 32.3 Å². The van der Waals surface area contributed by atoms with Gasteiger partial charge < -0.3 is 10.2 Å². The van der Waals surface area contributed by atoms with E-state index in [0.29, 0.717) is 5.92 Å². The number of hydrogen-bond donors (Lipinski definition) is 1. The minimum absolute atomic E-state index is 0.197. The predicted octanol–water partition coefficient (Wildman–Crippen LogP) is 3.38. The number of amides is 1. The maximum Gasteiger partial charge on any atom is 0.253 e. The van der Waals surface area contributed by atoms with Crippen molar-refractivity contribution in [3.05, 3.63) is 70.8 Å². The number of carbonyl (C=O) groups excluding carboxylic acids is 1. The second-order valence-electron chi connectivity index (χ2n) is 7.01. The van der Waals surface area contributed by atoms with E-state index in [2.05, 4.69) is 47.8 Å². The summed E-state index contributed by atoms with van der Waals surface area (Å²) >= 11 is 0. The lowest BCUT2D eigenvalue weighted by Gasteiger charge is -2.32. The van der Waals surface area contributed by atoms with E-state index >= 15 is 0 Å². The van der Waals surface area contributed by atoms with Crippen LogP contribution in [0, 0.1) is 5.92 Å². The Morgan fingerprint density at radius 3 is 2.54 bits per heavy atom. The van der Waals surface area contributed by atoms with Gasteiger partial charge in [-0.05, 0) is 54.0 Å². The SMILES string of the molecule is O=C(c1ccc2c(c1)CNC2)N1CCC(Cc2ccccc2)CC1. The number of rotatable bonds is 3. The van der Waals surface area contributed by atoms with Gasteiger partial charge in [-0.15, -0.1) is 0 Å². The van der Waals surface area contributed by atoms with Crippen molar-refractivity contribution in [2.75, 3.05) is 13.1 Å². The summed E-state index contributed by atoms with van der Waals surface area (Å²) in [6, 6.07) is 16.9. The van der Waals surface area contributed by atoms with Crippen molar-refractivity contribution in [2.45, 2.75) is 32.4 Å². The lowest BCUT2D eigenvalue weighted by molar-refractivity contribution is 0.0690. The summed E-state index contributed by atoms with van der Waals surface area (Å²) in [5, 5.41) is 3.34. The molecule has 0 atom stereocenters. The Bertz CT molecular complexity index is 718. The van der Waals surface area contributed by atoms with E-state index < -0.39 is 0 Å². The highest BCUT2D eigenvalue weighted by molar-refractivity contribution is 5.94. The summed E-state index contributed by atoms with van der Waals surface area (Å²) in [7, 11) is 0. The lowest BCUT2D eigenvalue weighted by atomic mass is 9.90. The van der Waals surface area contributed by atoms with Gasteiger partial charge in [0.25, 0.3) is 5.91 Å². The molecule has 124 valence electrons. The Balaban J connectivity index is 1.36. The molecule has 4 rings (SSSR count). The van der Waals surface area contributed by atoms with Crippen LogP contribution in [0.5, 0.6) is 0 Å². The van der Waals surface area contributed by atoms with Gasteiger partial charge >= 0.3 is 0 Å². The van der Waals surface area contributed by atoms with E-state index in [1.165, 1.54) is 16.7 Å². The second-order valence-corrected chi connectivity index (χ2v) is 7.01. The average molecular weight is 320 g/mol. The van der Waals surface area contributed by atoms with E-state index in [4.69, 9.17) is 0 Å². The summed E-state index contributed by atoms with van der Waals surface area (Å²) in [6.07, 6.45) is 3.34. The zero-order valence-corrected chi connectivity index (χ0v) is 14.0. The maximum atomic E-state index is 12.8. The first kappa shape index (κ1) is 15.4. The summed E-state index contributed by atoms with van der Waals surface area (Å²) in [5.41, 5.74) is 4.86. The number of piperidine rings is 1. The van der Waals surface area contributed by atoms with Crippen molar-refractivity contribution in [2.24, 2.45) is 5.92 Å². The molecule has 2 aliphatic heterocycles. The van der Waals surface area contributed by atoms with Crippen molar-refractivity contribution < 1.29 is 4.79 Å². The van der Waals surface area contributed by atoms with E-state index in [0.717, 1.165) is 51.0 Å². The first-order valence-electron chi connectivity index (χ1n) is 8.95. The molecule has 1 saturated heterocycles. The molecule has 1 fully saturated rings. The quantitative estimate of drug-likeness (QED) is 0.940. The van der Waals surface area contributed by atoms with Gasteiger partial charge in [0.1, 0.15) is 0 Å². The van der Waals surface area contributed by atoms with Gasteiger partial charge in [0, 0.05) is 31.7 Å². The number of nitrogens with zero attached hydrogens (tertiary/aromatic N) is 1. The van der Waals surface area contributed by atoms with Gasteiger partial charge in [-0.2, -0.15) is 0 Å². The van der Waals surface area contributed by atoms with Crippen LogP contribution in [0.1, 0.15) is 39.9 Å². The fourth-order valence-corrected chi connectivity index (χ4v) is 3.90. The van der Waals surface area contributed by atoms with Crippen LogP contribution in [0.2, 0.25) is 0 Å². The first-order valence-corrected chi connectivity index (χ1v) is 8.95. The minimum atomic E-state index is 0.197. The molecule has 3 heteroatoms. The average Bonchev–Trinajstić information content (AvgIpc) is 3.10. The van der Waals surface area contributed by atoms with Crippen LogP contribution < -0.4 is 5.32 Å². The molecule has 0 unspecified atom stereocenters. The number of benzene rings is 2. The molecule has 0 spiro atoms. The molecular formula is C21H24N2O. The van der Waals surface area contributed by atoms with E-state index in [9.17, 15) is 4.79 Å². The number of hydrogen-bond acceptors (Lipinski definition) is 2. The molecular weight excluding hydrogens is 296 g/mol. The van der Waals surface area contributed by atoms with Gasteiger partial charge in [0.15, 0.2) is 0 Å². The Labute approximate surface area is 143 Å². The minimum Gasteiger partial charge on any atom is -0.339 e. The molecule has 0 radical (unpaired) electrons. The summed E-state index contributed by atoms with van der Waals surface area (Å²) in [4.78, 5) is 14.8. The highest BCUT2D eigenvalue weighted by Crippen LogP contribution is 2.24. The highest BCUT2D eigenvalue weighted by atomic mass is 16.2. The van der Waals surface area contributed by atoms with Gasteiger partial charge in [-0.3, -0.25) is 4.79 Å². The van der Waals surface area contributed by atoms with Crippen LogP contribution in [-0.4, -0.2) is 23.9 Å². The zero-order chi connectivity index (χ0) is 16.4. The number of carbonyl (C=O) groups is 1. The van der Waals surface area contributed by atoms with Crippen LogP contribution in [0.3, 0.4) is 0 Å². The number of likely N-dealkylation sites (tertiary alicyclic amines) is 1. The normalized spacial score (nSPS) is 17.8. The molecule has 24 heavy (non-hydrogen) atoms. The van der Waals surface area contributed by atoms with Crippen molar-refractivity contribution in [3.63, 3.8) is 0 Å². The molecule has 1 amide bonds. The van der Waals surface area contributed by atoms with Gasteiger partial charge in [0.05, 0.1) is 0 Å². The highest BCUT2D eigenvalue weighted by Gasteiger charge is 2.24. The molecule has 2 aromatic rings. The molecule has 2 aromatic carbocycles. The Kier molecular flexibility index (Phi) is 4.35. The zero-order valence-electron chi connectivity index (χ0n) is 14.0. The molecule has 1 N–H and O–H groups in total. The van der Waals surface area contributed by atoms with Crippen LogP contribution in [0.25, 0.3) is 0 Å². The molecule has 0 aromatic heterocycles. The summed E-state index contributed by atoms with van der Waals surface area (Å²) < 4.78 is 0. The van der Waals surface area contributed by atoms with Crippen molar-refractivity contribution in [3.8, 4) is 0 Å². The first-order chi connectivity index (χ1) is 11.8.